The molecule has 3 nitrogen and oxygen atoms in total. The molecule has 154 valence electrons. The van der Waals surface area contributed by atoms with E-state index < -0.39 is 0 Å². The number of aliphatic imine (C=N–C) groups is 1. The van der Waals surface area contributed by atoms with Gasteiger partial charge in [-0.1, -0.05) is 43.8 Å². The summed E-state index contributed by atoms with van der Waals surface area (Å²) < 4.78 is 5.74. The molecule has 2 aromatic carbocycles. The molecular formula is C25H32N2OS. The maximum absolute atomic E-state index is 9.50. The molecule has 0 saturated carbocycles. The van der Waals surface area contributed by atoms with Gasteiger partial charge in [-0.3, -0.25) is 4.99 Å². The van der Waals surface area contributed by atoms with Crippen molar-refractivity contribution >= 4 is 16.8 Å². The van der Waals surface area contributed by atoms with Crippen molar-refractivity contribution < 1.29 is 4.74 Å². The Morgan fingerprint density at radius 1 is 1.14 bits per heavy atom. The molecule has 0 radical (unpaired) electrons. The van der Waals surface area contributed by atoms with E-state index in [0.29, 0.717) is 16.6 Å². The molecule has 0 fully saturated rings. The fourth-order valence-electron chi connectivity index (χ4n) is 3.62. The van der Waals surface area contributed by atoms with Crippen LogP contribution in [0.5, 0.6) is 5.75 Å². The van der Waals surface area contributed by atoms with E-state index in [1.165, 1.54) is 36.0 Å². The van der Waals surface area contributed by atoms with Gasteiger partial charge >= 0.3 is 0 Å². The second-order valence-electron chi connectivity index (χ2n) is 7.12. The predicted octanol–water partition coefficient (Wildman–Crippen LogP) is 6.73. The molecule has 0 aromatic heterocycles. The van der Waals surface area contributed by atoms with Gasteiger partial charge in [-0.25, -0.2) is 0 Å². The van der Waals surface area contributed by atoms with E-state index in [2.05, 4.69) is 36.2 Å². The van der Waals surface area contributed by atoms with E-state index in [1.54, 1.807) is 11.8 Å². The fraction of sp³-hybridized carbons (Fsp3) is 0.440. The van der Waals surface area contributed by atoms with Crippen molar-refractivity contribution in [2.24, 2.45) is 4.99 Å². The Morgan fingerprint density at radius 2 is 1.90 bits per heavy atom. The fourth-order valence-corrected chi connectivity index (χ4v) is 4.67. The normalized spacial score (nSPS) is 13.9. The molecule has 3 rings (SSSR count). The summed E-state index contributed by atoms with van der Waals surface area (Å²) in [5.74, 6) is 0.630. The second kappa shape index (κ2) is 11.1. The molecule has 4 heteroatoms. The molecule has 0 aliphatic heterocycles. The Balaban J connectivity index is 0.00000145. The van der Waals surface area contributed by atoms with Crippen molar-refractivity contribution in [1.29, 1.82) is 5.26 Å². The Hall–Kier alpha value is -2.25. The SMILES string of the molecule is CC.CN=C(SC(C)c1cccc2c1CCC2)c1ccc(OC(C)C)c(C#N)c1. The summed E-state index contributed by atoms with van der Waals surface area (Å²) in [6.07, 6.45) is 3.66. The summed E-state index contributed by atoms with van der Waals surface area (Å²) >= 11 is 1.76. The number of fused-ring (bicyclic) bond motifs is 1. The smallest absolute Gasteiger partial charge is 0.137 e. The number of hydrogen-bond donors (Lipinski definition) is 0. The van der Waals surface area contributed by atoms with Crippen LogP contribution in [0, 0.1) is 11.3 Å². The second-order valence-corrected chi connectivity index (χ2v) is 8.45. The highest BCUT2D eigenvalue weighted by atomic mass is 32.2. The summed E-state index contributed by atoms with van der Waals surface area (Å²) in [6.45, 7) is 10.2. The quantitative estimate of drug-likeness (QED) is 0.407. The Kier molecular flexibility index (Phi) is 8.79. The minimum Gasteiger partial charge on any atom is -0.490 e. The first-order valence-corrected chi connectivity index (χ1v) is 11.4. The number of nitriles is 1. The highest BCUT2D eigenvalue weighted by Crippen LogP contribution is 2.37. The van der Waals surface area contributed by atoms with Crippen LogP contribution in [0.3, 0.4) is 0 Å². The number of aryl methyl sites for hydroxylation is 1. The first-order chi connectivity index (χ1) is 14.0. The van der Waals surface area contributed by atoms with Gasteiger partial charge in [-0.15, -0.1) is 0 Å². The van der Waals surface area contributed by atoms with Crippen LogP contribution in [0.15, 0.2) is 41.4 Å². The summed E-state index contributed by atoms with van der Waals surface area (Å²) in [7, 11) is 1.81. The molecule has 0 bridgehead atoms. The summed E-state index contributed by atoms with van der Waals surface area (Å²) in [5.41, 5.74) is 5.95. The highest BCUT2D eigenvalue weighted by Gasteiger charge is 2.20. The van der Waals surface area contributed by atoms with E-state index in [9.17, 15) is 5.26 Å². The molecule has 1 unspecified atom stereocenters. The van der Waals surface area contributed by atoms with Crippen LogP contribution in [0.4, 0.5) is 0 Å². The maximum atomic E-state index is 9.50. The first-order valence-electron chi connectivity index (χ1n) is 10.5. The molecule has 0 N–H and O–H groups in total. The van der Waals surface area contributed by atoms with Crippen molar-refractivity contribution in [3.63, 3.8) is 0 Å². The van der Waals surface area contributed by atoms with Crippen molar-refractivity contribution in [1.82, 2.24) is 0 Å². The topological polar surface area (TPSA) is 45.4 Å². The van der Waals surface area contributed by atoms with Crippen molar-refractivity contribution in [2.45, 2.75) is 65.2 Å². The minimum absolute atomic E-state index is 0.0387. The van der Waals surface area contributed by atoms with E-state index in [-0.39, 0.29) is 6.10 Å². The van der Waals surface area contributed by atoms with Gasteiger partial charge in [0.15, 0.2) is 0 Å². The molecule has 0 saturated heterocycles. The van der Waals surface area contributed by atoms with Gasteiger partial charge < -0.3 is 4.74 Å². The van der Waals surface area contributed by atoms with Gasteiger partial charge in [0.25, 0.3) is 0 Å². The number of hydrogen-bond acceptors (Lipinski definition) is 4. The van der Waals surface area contributed by atoms with Crippen LogP contribution < -0.4 is 4.74 Å². The van der Waals surface area contributed by atoms with Crippen LogP contribution in [0.1, 0.15) is 74.1 Å². The third kappa shape index (κ3) is 5.64. The lowest BCUT2D eigenvalue weighted by molar-refractivity contribution is 0.241. The molecule has 29 heavy (non-hydrogen) atoms. The Bertz CT molecular complexity index is 896. The van der Waals surface area contributed by atoms with Crippen LogP contribution >= 0.6 is 11.8 Å². The van der Waals surface area contributed by atoms with Gasteiger partial charge in [0, 0.05) is 17.9 Å². The third-order valence-corrected chi connectivity index (χ3v) is 6.07. The summed E-state index contributed by atoms with van der Waals surface area (Å²) in [6, 6.07) is 14.7. The lowest BCUT2D eigenvalue weighted by Gasteiger charge is -2.18. The van der Waals surface area contributed by atoms with E-state index in [4.69, 9.17) is 4.74 Å². The monoisotopic (exact) mass is 408 g/mol. The Labute approximate surface area is 180 Å². The highest BCUT2D eigenvalue weighted by molar-refractivity contribution is 8.14. The molecule has 2 aromatic rings. The number of thioether (sulfide) groups is 1. The molecule has 1 atom stereocenters. The zero-order chi connectivity index (χ0) is 21.4. The zero-order valence-corrected chi connectivity index (χ0v) is 19.3. The average Bonchev–Trinajstić information content (AvgIpc) is 3.22. The molecular weight excluding hydrogens is 376 g/mol. The number of ether oxygens (including phenoxy) is 1. The maximum Gasteiger partial charge on any atom is 0.137 e. The third-order valence-electron chi connectivity index (χ3n) is 4.82. The lowest BCUT2D eigenvalue weighted by atomic mass is 10.0. The molecule has 0 spiro atoms. The first kappa shape index (κ1) is 23.0. The molecule has 1 aliphatic carbocycles. The number of nitrogens with zero attached hydrogens (tertiary/aromatic N) is 2. The molecule has 1 aliphatic rings. The number of benzene rings is 2. The summed E-state index contributed by atoms with van der Waals surface area (Å²) in [4.78, 5) is 4.51. The van der Waals surface area contributed by atoms with Crippen molar-refractivity contribution in [3.05, 3.63) is 64.2 Å². The van der Waals surface area contributed by atoms with Crippen molar-refractivity contribution in [3.8, 4) is 11.8 Å². The molecule has 0 heterocycles. The van der Waals surface area contributed by atoms with Gasteiger partial charge in [0.05, 0.1) is 16.7 Å². The van der Waals surface area contributed by atoms with Gasteiger partial charge in [-0.05, 0) is 74.9 Å². The van der Waals surface area contributed by atoms with Gasteiger partial charge in [0.2, 0.25) is 0 Å². The lowest BCUT2D eigenvalue weighted by Crippen LogP contribution is -2.08. The Morgan fingerprint density at radius 3 is 2.55 bits per heavy atom. The van der Waals surface area contributed by atoms with Gasteiger partial charge in [-0.2, -0.15) is 5.26 Å². The van der Waals surface area contributed by atoms with Crippen LogP contribution in [0.2, 0.25) is 0 Å². The van der Waals surface area contributed by atoms with Crippen LogP contribution in [-0.2, 0) is 12.8 Å². The average molecular weight is 409 g/mol. The van der Waals surface area contributed by atoms with Crippen LogP contribution in [0.25, 0.3) is 0 Å². The van der Waals surface area contributed by atoms with Gasteiger partial charge in [0.1, 0.15) is 11.8 Å². The number of rotatable bonds is 5. The summed E-state index contributed by atoms with van der Waals surface area (Å²) in [5, 5.41) is 10.8. The van der Waals surface area contributed by atoms with E-state index in [0.717, 1.165) is 10.6 Å². The largest absolute Gasteiger partial charge is 0.490 e. The standard InChI is InChI=1S/C23H26N2OS.C2H6/c1-15(2)26-22-12-11-18(13-19(22)14-24)23(25-4)27-16(3)20-9-5-7-17-8-6-10-21(17)20;1-2/h5,7,9,11-13,15-16H,6,8,10H2,1-4H3;1-2H3. The molecule has 0 amide bonds. The minimum atomic E-state index is 0.0387. The van der Waals surface area contributed by atoms with E-state index in [1.807, 2.05) is 52.9 Å². The van der Waals surface area contributed by atoms with Crippen molar-refractivity contribution in [2.75, 3.05) is 7.05 Å². The zero-order valence-electron chi connectivity index (χ0n) is 18.5. The van der Waals surface area contributed by atoms with E-state index >= 15 is 0 Å². The predicted molar refractivity (Wildman–Crippen MR) is 125 cm³/mol. The van der Waals surface area contributed by atoms with Crippen LogP contribution in [-0.4, -0.2) is 18.2 Å².